The van der Waals surface area contributed by atoms with Crippen molar-refractivity contribution in [3.8, 4) is 11.1 Å². The van der Waals surface area contributed by atoms with Crippen LogP contribution in [0.5, 0.6) is 0 Å². The van der Waals surface area contributed by atoms with Crippen LogP contribution in [0, 0.1) is 0 Å². The minimum absolute atomic E-state index is 0.0936. The lowest BCUT2D eigenvalue weighted by Gasteiger charge is -2.26. The summed E-state index contributed by atoms with van der Waals surface area (Å²) in [7, 11) is 0. The number of hydrogen-bond donors (Lipinski definition) is 0. The molecule has 1 saturated heterocycles. The molecule has 0 saturated carbocycles. The fourth-order valence-electron chi connectivity index (χ4n) is 2.68. The largest absolute Gasteiger partial charge is 0.339 e. The molecule has 2 heterocycles. The molecule has 3 rings (SSSR count). The summed E-state index contributed by atoms with van der Waals surface area (Å²) >= 11 is 3.55. The number of amides is 1. The number of carbonyl (C=O) groups excluding carboxylic acids is 1. The molecule has 1 amide bonds. The normalized spacial score (nSPS) is 15.0. The van der Waals surface area contributed by atoms with Crippen molar-refractivity contribution in [2.45, 2.75) is 19.3 Å². The number of pyridine rings is 1. The van der Waals surface area contributed by atoms with Crippen LogP contribution in [-0.4, -0.2) is 28.9 Å². The molecular weight excluding hydrogens is 328 g/mol. The van der Waals surface area contributed by atoms with E-state index < -0.39 is 0 Å². The van der Waals surface area contributed by atoms with Gasteiger partial charge in [0.25, 0.3) is 5.91 Å². The summed E-state index contributed by atoms with van der Waals surface area (Å²) in [5.74, 6) is 0.0936. The van der Waals surface area contributed by atoms with Crippen molar-refractivity contribution < 1.29 is 4.79 Å². The third-order valence-electron chi connectivity index (χ3n) is 3.81. The second kappa shape index (κ2) is 6.39. The monoisotopic (exact) mass is 344 g/mol. The lowest BCUT2D eigenvalue weighted by atomic mass is 10.0. The van der Waals surface area contributed by atoms with Gasteiger partial charge in [0.15, 0.2) is 0 Å². The molecule has 1 aliphatic rings. The number of carbonyl (C=O) groups is 1. The van der Waals surface area contributed by atoms with E-state index in [1.807, 2.05) is 35.2 Å². The van der Waals surface area contributed by atoms with E-state index in [1.54, 1.807) is 12.4 Å². The minimum Gasteiger partial charge on any atom is -0.339 e. The maximum absolute atomic E-state index is 12.5. The summed E-state index contributed by atoms with van der Waals surface area (Å²) in [5.41, 5.74) is 2.69. The van der Waals surface area contributed by atoms with Crippen molar-refractivity contribution in [2.75, 3.05) is 13.1 Å². The Kier molecular flexibility index (Phi) is 4.34. The van der Waals surface area contributed by atoms with Gasteiger partial charge in [0.2, 0.25) is 0 Å². The Labute approximate surface area is 133 Å². The van der Waals surface area contributed by atoms with Crippen LogP contribution in [0.2, 0.25) is 0 Å². The van der Waals surface area contributed by atoms with E-state index in [0.29, 0.717) is 5.56 Å². The van der Waals surface area contributed by atoms with Crippen LogP contribution >= 0.6 is 15.9 Å². The van der Waals surface area contributed by atoms with Gasteiger partial charge in [0.05, 0.1) is 5.56 Å². The Morgan fingerprint density at radius 3 is 2.62 bits per heavy atom. The number of hydrogen-bond acceptors (Lipinski definition) is 2. The van der Waals surface area contributed by atoms with Gasteiger partial charge in [-0.05, 0) is 37.0 Å². The Hall–Kier alpha value is -1.68. The number of aromatic nitrogens is 1. The van der Waals surface area contributed by atoms with Crippen LogP contribution in [0.3, 0.4) is 0 Å². The Balaban J connectivity index is 1.89. The number of piperidine rings is 1. The van der Waals surface area contributed by atoms with E-state index in [2.05, 4.69) is 20.9 Å². The molecule has 1 aromatic heterocycles. The van der Waals surface area contributed by atoms with Crippen molar-refractivity contribution in [3.05, 3.63) is 52.8 Å². The van der Waals surface area contributed by atoms with Crippen LogP contribution in [0.25, 0.3) is 11.1 Å². The van der Waals surface area contributed by atoms with Gasteiger partial charge in [-0.25, -0.2) is 0 Å². The zero-order valence-corrected chi connectivity index (χ0v) is 13.3. The third kappa shape index (κ3) is 3.16. The predicted molar refractivity (Wildman–Crippen MR) is 87.1 cm³/mol. The smallest absolute Gasteiger partial charge is 0.255 e. The Bertz CT molecular complexity index is 651. The predicted octanol–water partition coefficient (Wildman–Crippen LogP) is 4.14. The van der Waals surface area contributed by atoms with Gasteiger partial charge in [-0.1, -0.05) is 34.1 Å². The van der Waals surface area contributed by atoms with Crippen LogP contribution in [0.1, 0.15) is 29.6 Å². The molecule has 0 unspecified atom stereocenters. The van der Waals surface area contributed by atoms with E-state index in [1.165, 1.54) is 6.42 Å². The van der Waals surface area contributed by atoms with Crippen molar-refractivity contribution in [2.24, 2.45) is 0 Å². The van der Waals surface area contributed by atoms with Crippen LogP contribution in [0.15, 0.2) is 47.2 Å². The van der Waals surface area contributed by atoms with E-state index in [9.17, 15) is 4.79 Å². The van der Waals surface area contributed by atoms with Crippen LogP contribution < -0.4 is 0 Å². The number of rotatable bonds is 2. The first kappa shape index (κ1) is 14.3. The molecule has 0 aliphatic carbocycles. The summed E-state index contributed by atoms with van der Waals surface area (Å²) in [6.45, 7) is 1.72. The number of likely N-dealkylation sites (tertiary alicyclic amines) is 1. The fraction of sp³-hybridized carbons (Fsp3) is 0.294. The number of halogens is 1. The molecule has 0 N–H and O–H groups in total. The van der Waals surface area contributed by atoms with Crippen LogP contribution in [0.4, 0.5) is 0 Å². The van der Waals surface area contributed by atoms with E-state index in [0.717, 1.165) is 41.5 Å². The van der Waals surface area contributed by atoms with E-state index >= 15 is 0 Å². The van der Waals surface area contributed by atoms with Gasteiger partial charge in [0.1, 0.15) is 0 Å². The minimum atomic E-state index is 0.0936. The first-order valence-corrected chi connectivity index (χ1v) is 8.04. The molecule has 4 heteroatoms. The van der Waals surface area contributed by atoms with Gasteiger partial charge in [-0.3, -0.25) is 9.78 Å². The van der Waals surface area contributed by atoms with Gasteiger partial charge >= 0.3 is 0 Å². The summed E-state index contributed by atoms with van der Waals surface area (Å²) in [4.78, 5) is 18.7. The molecule has 1 aliphatic heterocycles. The standard InChI is InChI=1S/C17H17BrN2O/c18-16-7-3-2-6-15(16)13-10-14(12-19-11-13)17(21)20-8-4-1-5-9-20/h2-3,6-7,10-12H,1,4-5,8-9H2. The molecule has 108 valence electrons. The van der Waals surface area contributed by atoms with Crippen molar-refractivity contribution in [1.29, 1.82) is 0 Å². The highest BCUT2D eigenvalue weighted by atomic mass is 79.9. The second-order valence-corrected chi connectivity index (χ2v) is 6.15. The number of nitrogens with zero attached hydrogens (tertiary/aromatic N) is 2. The fourth-order valence-corrected chi connectivity index (χ4v) is 3.19. The van der Waals surface area contributed by atoms with E-state index in [4.69, 9.17) is 0 Å². The highest BCUT2D eigenvalue weighted by molar-refractivity contribution is 9.10. The summed E-state index contributed by atoms with van der Waals surface area (Å²) in [6, 6.07) is 9.91. The quantitative estimate of drug-likeness (QED) is 0.820. The second-order valence-electron chi connectivity index (χ2n) is 5.29. The zero-order chi connectivity index (χ0) is 14.7. The number of benzene rings is 1. The van der Waals surface area contributed by atoms with Crippen LogP contribution in [-0.2, 0) is 0 Å². The molecule has 1 aromatic carbocycles. The summed E-state index contributed by atoms with van der Waals surface area (Å²) < 4.78 is 1.01. The van der Waals surface area contributed by atoms with Gasteiger partial charge < -0.3 is 4.90 Å². The maximum atomic E-state index is 12.5. The average molecular weight is 345 g/mol. The Morgan fingerprint density at radius 2 is 1.86 bits per heavy atom. The van der Waals surface area contributed by atoms with Gasteiger partial charge in [-0.15, -0.1) is 0 Å². The topological polar surface area (TPSA) is 33.2 Å². The molecule has 0 bridgehead atoms. The molecule has 0 spiro atoms. The van der Waals surface area contributed by atoms with Crippen molar-refractivity contribution in [1.82, 2.24) is 9.88 Å². The average Bonchev–Trinajstić information content (AvgIpc) is 2.55. The third-order valence-corrected chi connectivity index (χ3v) is 4.50. The molecule has 3 nitrogen and oxygen atoms in total. The lowest BCUT2D eigenvalue weighted by Crippen LogP contribution is -2.35. The molecule has 0 atom stereocenters. The van der Waals surface area contributed by atoms with Gasteiger partial charge in [-0.2, -0.15) is 0 Å². The Morgan fingerprint density at radius 1 is 1.10 bits per heavy atom. The molecular formula is C17H17BrN2O. The van der Waals surface area contributed by atoms with E-state index in [-0.39, 0.29) is 5.91 Å². The molecule has 0 radical (unpaired) electrons. The summed E-state index contributed by atoms with van der Waals surface area (Å²) in [6.07, 6.45) is 6.88. The highest BCUT2D eigenvalue weighted by Gasteiger charge is 2.19. The first-order valence-electron chi connectivity index (χ1n) is 7.25. The molecule has 1 fully saturated rings. The molecule has 21 heavy (non-hydrogen) atoms. The van der Waals surface area contributed by atoms with Gasteiger partial charge in [0, 0.05) is 35.5 Å². The highest BCUT2D eigenvalue weighted by Crippen LogP contribution is 2.28. The SMILES string of the molecule is O=C(c1cncc(-c2ccccc2Br)c1)N1CCCCC1. The first-order chi connectivity index (χ1) is 10.3. The van der Waals surface area contributed by atoms with Crippen molar-refractivity contribution >= 4 is 21.8 Å². The van der Waals surface area contributed by atoms with Crippen molar-refractivity contribution in [3.63, 3.8) is 0 Å². The maximum Gasteiger partial charge on any atom is 0.255 e. The summed E-state index contributed by atoms with van der Waals surface area (Å²) in [5, 5.41) is 0. The lowest BCUT2D eigenvalue weighted by molar-refractivity contribution is 0.0724. The molecule has 2 aromatic rings. The zero-order valence-electron chi connectivity index (χ0n) is 11.8.